The van der Waals surface area contributed by atoms with Crippen LogP contribution in [0.15, 0.2) is 18.2 Å². The molecule has 2 aromatic rings. The number of halogens is 3. The first-order valence-electron chi connectivity index (χ1n) is 5.59. The first kappa shape index (κ1) is 15.4. The lowest BCUT2D eigenvalue weighted by molar-refractivity contribution is 0.0701. The number of anilines is 1. The molecule has 2 N–H and O–H groups in total. The second-order valence-corrected chi connectivity index (χ2v) is 5.59. The number of thiophene rings is 1. The predicted octanol–water partition coefficient (Wildman–Crippen LogP) is 3.94. The van der Waals surface area contributed by atoms with Crippen LogP contribution in [0.2, 0.25) is 5.02 Å². The third kappa shape index (κ3) is 3.20. The Morgan fingerprint density at radius 2 is 1.86 bits per heavy atom. The minimum absolute atomic E-state index is 0.0849. The maximum atomic E-state index is 13.1. The molecule has 0 saturated carbocycles. The average molecular weight is 332 g/mol. The summed E-state index contributed by atoms with van der Waals surface area (Å²) in [6.07, 6.45) is 0. The fourth-order valence-electron chi connectivity index (χ4n) is 1.63. The average Bonchev–Trinajstić information content (AvgIpc) is 2.74. The van der Waals surface area contributed by atoms with Crippen LogP contribution in [-0.2, 0) is 0 Å². The highest BCUT2D eigenvalue weighted by molar-refractivity contribution is 7.18. The molecular weight excluding hydrogens is 324 g/mol. The third-order valence-corrected chi connectivity index (χ3v) is 4.06. The number of hydrogen-bond acceptors (Lipinski definition) is 3. The monoisotopic (exact) mass is 331 g/mol. The van der Waals surface area contributed by atoms with Gasteiger partial charge < -0.3 is 10.4 Å². The molecule has 1 aromatic carbocycles. The van der Waals surface area contributed by atoms with Crippen LogP contribution in [0, 0.1) is 18.6 Å². The number of amides is 1. The van der Waals surface area contributed by atoms with Crippen LogP contribution in [-0.4, -0.2) is 17.0 Å². The van der Waals surface area contributed by atoms with E-state index in [0.29, 0.717) is 17.7 Å². The number of carbonyl (C=O) groups excluding carboxylic acids is 1. The highest BCUT2D eigenvalue weighted by Gasteiger charge is 2.18. The topological polar surface area (TPSA) is 66.4 Å². The van der Waals surface area contributed by atoms with Gasteiger partial charge in [0.1, 0.15) is 4.88 Å². The van der Waals surface area contributed by atoms with Gasteiger partial charge in [-0.15, -0.1) is 11.3 Å². The molecule has 1 aromatic heterocycles. The van der Waals surface area contributed by atoms with E-state index in [1.165, 1.54) is 6.07 Å². The van der Waals surface area contributed by atoms with E-state index >= 15 is 0 Å². The van der Waals surface area contributed by atoms with E-state index in [4.69, 9.17) is 16.7 Å². The highest BCUT2D eigenvalue weighted by Crippen LogP contribution is 2.28. The van der Waals surface area contributed by atoms with Crippen molar-refractivity contribution < 1.29 is 23.5 Å². The number of benzene rings is 1. The lowest BCUT2D eigenvalue weighted by Crippen LogP contribution is -2.12. The summed E-state index contributed by atoms with van der Waals surface area (Å²) in [4.78, 5) is 23.0. The molecule has 0 fully saturated rings. The van der Waals surface area contributed by atoms with Crippen LogP contribution >= 0.6 is 22.9 Å². The molecule has 8 heteroatoms. The van der Waals surface area contributed by atoms with Crippen molar-refractivity contribution in [3.05, 3.63) is 50.9 Å². The van der Waals surface area contributed by atoms with E-state index in [2.05, 4.69) is 5.32 Å². The van der Waals surface area contributed by atoms with Gasteiger partial charge in [-0.2, -0.15) is 0 Å². The summed E-state index contributed by atoms with van der Waals surface area (Å²) >= 11 is 6.55. The summed E-state index contributed by atoms with van der Waals surface area (Å²) in [6, 6.07) is 2.86. The van der Waals surface area contributed by atoms with Gasteiger partial charge in [0.15, 0.2) is 11.6 Å². The summed E-state index contributed by atoms with van der Waals surface area (Å²) < 4.78 is 26.1. The summed E-state index contributed by atoms with van der Waals surface area (Å²) in [5.41, 5.74) is 0.248. The van der Waals surface area contributed by atoms with Crippen molar-refractivity contribution in [3.8, 4) is 0 Å². The minimum atomic E-state index is -1.20. The molecule has 1 amide bonds. The van der Waals surface area contributed by atoms with Crippen LogP contribution in [0.25, 0.3) is 0 Å². The first-order chi connectivity index (χ1) is 9.79. The zero-order valence-corrected chi connectivity index (χ0v) is 12.1. The van der Waals surface area contributed by atoms with E-state index in [9.17, 15) is 18.4 Å². The molecule has 0 aliphatic rings. The lowest BCUT2D eigenvalue weighted by Gasteiger charge is -2.05. The second kappa shape index (κ2) is 5.79. The van der Waals surface area contributed by atoms with E-state index in [0.717, 1.165) is 11.3 Å². The van der Waals surface area contributed by atoms with Crippen molar-refractivity contribution in [2.24, 2.45) is 0 Å². The minimum Gasteiger partial charge on any atom is -0.477 e. The van der Waals surface area contributed by atoms with Crippen molar-refractivity contribution in [2.45, 2.75) is 6.92 Å². The summed E-state index contributed by atoms with van der Waals surface area (Å²) in [7, 11) is 0. The van der Waals surface area contributed by atoms with Crippen LogP contribution in [0.1, 0.15) is 25.6 Å². The maximum absolute atomic E-state index is 13.1. The number of carboxylic acids is 1. The Balaban J connectivity index is 2.28. The van der Waals surface area contributed by atoms with Crippen LogP contribution in [0.3, 0.4) is 0 Å². The van der Waals surface area contributed by atoms with Crippen LogP contribution in [0.5, 0.6) is 0 Å². The number of carbonyl (C=O) groups is 2. The number of aromatic carboxylic acids is 1. The van der Waals surface area contributed by atoms with Gasteiger partial charge in [-0.3, -0.25) is 4.79 Å². The number of aryl methyl sites for hydroxylation is 1. The second-order valence-electron chi connectivity index (χ2n) is 4.13. The van der Waals surface area contributed by atoms with Crippen molar-refractivity contribution in [1.82, 2.24) is 0 Å². The Labute approximate surface area is 127 Å². The fraction of sp³-hybridized carbons (Fsp3) is 0.0769. The van der Waals surface area contributed by atoms with Gasteiger partial charge in [0.25, 0.3) is 5.91 Å². The van der Waals surface area contributed by atoms with Crippen molar-refractivity contribution >= 4 is 39.8 Å². The van der Waals surface area contributed by atoms with Gasteiger partial charge in [-0.05, 0) is 30.7 Å². The molecule has 0 saturated heterocycles. The Hall–Kier alpha value is -1.99. The molecule has 2 rings (SSSR count). The Bertz CT molecular complexity index is 745. The van der Waals surface area contributed by atoms with E-state index in [-0.39, 0.29) is 20.5 Å². The molecule has 1 heterocycles. The fourth-order valence-corrected chi connectivity index (χ4v) is 2.77. The van der Waals surface area contributed by atoms with E-state index in [1.54, 1.807) is 6.92 Å². The molecule has 21 heavy (non-hydrogen) atoms. The predicted molar refractivity (Wildman–Crippen MR) is 75.3 cm³/mol. The summed E-state index contributed by atoms with van der Waals surface area (Å²) in [5, 5.41) is 11.4. The number of nitrogens with one attached hydrogen (secondary N) is 1. The molecule has 0 spiro atoms. The number of hydrogen-bond donors (Lipinski definition) is 2. The normalized spacial score (nSPS) is 10.5. The Morgan fingerprint density at radius 3 is 2.43 bits per heavy atom. The molecule has 0 aliphatic carbocycles. The number of carboxylic acid groups (broad SMARTS) is 1. The molecule has 0 aliphatic heterocycles. The van der Waals surface area contributed by atoms with E-state index in [1.807, 2.05) is 0 Å². The zero-order valence-electron chi connectivity index (χ0n) is 10.5. The highest BCUT2D eigenvalue weighted by atomic mass is 35.5. The molecule has 0 unspecified atom stereocenters. The first-order valence-corrected chi connectivity index (χ1v) is 6.78. The summed E-state index contributed by atoms with van der Waals surface area (Å²) in [5.74, 6) is -4.21. The van der Waals surface area contributed by atoms with E-state index < -0.39 is 23.5 Å². The molecule has 0 atom stereocenters. The van der Waals surface area contributed by atoms with Crippen LogP contribution < -0.4 is 5.32 Å². The number of rotatable bonds is 3. The zero-order chi connectivity index (χ0) is 15.7. The largest absolute Gasteiger partial charge is 0.477 e. The van der Waals surface area contributed by atoms with Crippen molar-refractivity contribution in [3.63, 3.8) is 0 Å². The Kier molecular flexibility index (Phi) is 4.24. The molecule has 0 bridgehead atoms. The maximum Gasteiger partial charge on any atom is 0.346 e. The van der Waals surface area contributed by atoms with Crippen molar-refractivity contribution in [2.75, 3.05) is 5.32 Å². The van der Waals surface area contributed by atoms with Crippen molar-refractivity contribution in [1.29, 1.82) is 0 Å². The van der Waals surface area contributed by atoms with Gasteiger partial charge in [-0.1, -0.05) is 11.6 Å². The molecule has 110 valence electrons. The lowest BCUT2D eigenvalue weighted by atomic mass is 10.2. The Morgan fingerprint density at radius 1 is 1.24 bits per heavy atom. The molecular formula is C13H8ClF2NO3S. The van der Waals surface area contributed by atoms with Crippen LogP contribution in [0.4, 0.5) is 13.8 Å². The van der Waals surface area contributed by atoms with Gasteiger partial charge in [0.2, 0.25) is 0 Å². The SMILES string of the molecule is Cc1cc(NC(=O)c2cc(F)c(F)cc2Cl)sc1C(=O)O. The third-order valence-electron chi connectivity index (χ3n) is 2.60. The smallest absolute Gasteiger partial charge is 0.346 e. The molecule has 0 radical (unpaired) electrons. The quantitative estimate of drug-likeness (QED) is 0.837. The van der Waals surface area contributed by atoms with Gasteiger partial charge >= 0.3 is 5.97 Å². The van der Waals surface area contributed by atoms with Gasteiger partial charge in [0, 0.05) is 0 Å². The molecule has 4 nitrogen and oxygen atoms in total. The standard InChI is InChI=1S/C13H8ClF2NO3S/c1-5-2-10(21-11(5)13(19)20)17-12(18)6-3-8(15)9(16)4-7(6)14/h2-4H,1H3,(H,17,18)(H,19,20). The summed E-state index contributed by atoms with van der Waals surface area (Å²) in [6.45, 7) is 1.58. The van der Waals surface area contributed by atoms with Gasteiger partial charge in [0.05, 0.1) is 15.6 Å². The van der Waals surface area contributed by atoms with Gasteiger partial charge in [-0.25, -0.2) is 13.6 Å².